The Hall–Kier alpha value is -0.970. The summed E-state index contributed by atoms with van der Waals surface area (Å²) in [7, 11) is 3.68. The van der Waals surface area contributed by atoms with E-state index in [9.17, 15) is 4.39 Å². The smallest absolute Gasteiger partial charge is 0.123 e. The molecule has 0 aromatic heterocycles. The van der Waals surface area contributed by atoms with Crippen molar-refractivity contribution in [2.75, 3.05) is 27.2 Å². The van der Waals surface area contributed by atoms with Crippen molar-refractivity contribution < 1.29 is 9.13 Å². The first-order valence-electron chi connectivity index (χ1n) is 5.81. The molecule has 1 rings (SSSR count). The van der Waals surface area contributed by atoms with Crippen LogP contribution in [-0.4, -0.2) is 38.3 Å². The Labute approximate surface area is 102 Å². The van der Waals surface area contributed by atoms with Gasteiger partial charge in [-0.1, -0.05) is 12.1 Å². The van der Waals surface area contributed by atoms with Gasteiger partial charge in [-0.3, -0.25) is 0 Å². The van der Waals surface area contributed by atoms with Gasteiger partial charge in [-0.05, 0) is 31.2 Å². The average Bonchev–Trinajstić information content (AvgIpc) is 2.30. The predicted molar refractivity (Wildman–Crippen MR) is 67.2 cm³/mol. The van der Waals surface area contributed by atoms with Crippen LogP contribution in [0, 0.1) is 5.82 Å². The van der Waals surface area contributed by atoms with Gasteiger partial charge >= 0.3 is 0 Å². The molecule has 2 N–H and O–H groups in total. The molecule has 0 aliphatic carbocycles. The summed E-state index contributed by atoms with van der Waals surface area (Å²) in [6.07, 6.45) is 0.990. The van der Waals surface area contributed by atoms with Gasteiger partial charge in [0.1, 0.15) is 5.82 Å². The molecule has 1 aromatic rings. The van der Waals surface area contributed by atoms with Crippen LogP contribution in [0.5, 0.6) is 0 Å². The van der Waals surface area contributed by atoms with Crippen LogP contribution in [0.2, 0.25) is 0 Å². The van der Waals surface area contributed by atoms with Crippen LogP contribution in [0.15, 0.2) is 24.3 Å². The maximum absolute atomic E-state index is 13.0. The molecular formula is C13H21FN2O. The molecule has 0 spiro atoms. The van der Waals surface area contributed by atoms with Crippen LogP contribution < -0.4 is 5.73 Å². The normalized spacial score (nSPS) is 13.0. The number of nitrogens with two attached hydrogens (primary N) is 1. The molecule has 0 saturated carbocycles. The lowest BCUT2D eigenvalue weighted by Gasteiger charge is -2.20. The third kappa shape index (κ3) is 5.26. The molecule has 0 heterocycles. The van der Waals surface area contributed by atoms with Gasteiger partial charge in [0, 0.05) is 26.7 Å². The molecule has 1 aromatic carbocycles. The molecule has 0 fully saturated rings. The van der Waals surface area contributed by atoms with Crippen molar-refractivity contribution in [1.29, 1.82) is 0 Å². The van der Waals surface area contributed by atoms with Crippen molar-refractivity contribution >= 4 is 0 Å². The summed E-state index contributed by atoms with van der Waals surface area (Å²) in [4.78, 5) is 2.14. The zero-order chi connectivity index (χ0) is 12.7. The zero-order valence-electron chi connectivity index (χ0n) is 10.5. The van der Waals surface area contributed by atoms with Gasteiger partial charge < -0.3 is 15.4 Å². The lowest BCUT2D eigenvalue weighted by Crippen LogP contribution is -2.28. The van der Waals surface area contributed by atoms with Gasteiger partial charge in [-0.2, -0.15) is 0 Å². The molecule has 0 radical (unpaired) electrons. The summed E-state index contributed by atoms with van der Waals surface area (Å²) in [5.41, 5.74) is 6.53. The molecule has 0 amide bonds. The lowest BCUT2D eigenvalue weighted by atomic mass is 10.2. The Balaban J connectivity index is 2.36. The number of ether oxygens (including phenoxy) is 1. The fourth-order valence-electron chi connectivity index (χ4n) is 1.72. The Morgan fingerprint density at radius 2 is 2.24 bits per heavy atom. The van der Waals surface area contributed by atoms with Crippen LogP contribution in [0.25, 0.3) is 0 Å². The number of rotatable bonds is 7. The quantitative estimate of drug-likeness (QED) is 0.787. The van der Waals surface area contributed by atoms with Crippen molar-refractivity contribution in [3.63, 3.8) is 0 Å². The van der Waals surface area contributed by atoms with Gasteiger partial charge in [0.2, 0.25) is 0 Å². The standard InChI is InChI=1S/C13H21FN2O/c1-16(7-6-13(9-15)17-2)10-11-4-3-5-12(14)8-11/h3-5,8,13H,6-7,9-10,15H2,1-2H3. The monoisotopic (exact) mass is 240 g/mol. The average molecular weight is 240 g/mol. The van der Waals surface area contributed by atoms with Crippen LogP contribution >= 0.6 is 0 Å². The highest BCUT2D eigenvalue weighted by Crippen LogP contribution is 2.07. The summed E-state index contributed by atoms with van der Waals surface area (Å²) >= 11 is 0. The van der Waals surface area contributed by atoms with Crippen LogP contribution in [0.4, 0.5) is 4.39 Å². The maximum Gasteiger partial charge on any atom is 0.123 e. The Kier molecular flexibility index (Phi) is 6.11. The summed E-state index contributed by atoms with van der Waals surface area (Å²) < 4.78 is 18.2. The summed E-state index contributed by atoms with van der Waals surface area (Å²) in [5, 5.41) is 0. The highest BCUT2D eigenvalue weighted by Gasteiger charge is 2.07. The van der Waals surface area contributed by atoms with Gasteiger partial charge in [0.15, 0.2) is 0 Å². The summed E-state index contributed by atoms with van der Waals surface area (Å²) in [6, 6.07) is 6.68. The van der Waals surface area contributed by atoms with Crippen LogP contribution in [-0.2, 0) is 11.3 Å². The Morgan fingerprint density at radius 1 is 1.47 bits per heavy atom. The molecule has 17 heavy (non-hydrogen) atoms. The number of benzene rings is 1. The Bertz CT molecular complexity index is 329. The number of hydrogen-bond donors (Lipinski definition) is 1. The second-order valence-corrected chi connectivity index (χ2v) is 4.25. The van der Waals surface area contributed by atoms with Crippen LogP contribution in [0.3, 0.4) is 0 Å². The van der Waals surface area contributed by atoms with E-state index in [4.69, 9.17) is 10.5 Å². The number of methoxy groups -OCH3 is 1. The van der Waals surface area contributed by atoms with Gasteiger partial charge in [0.05, 0.1) is 6.10 Å². The van der Waals surface area contributed by atoms with Gasteiger partial charge in [0.25, 0.3) is 0 Å². The van der Waals surface area contributed by atoms with Crippen LogP contribution in [0.1, 0.15) is 12.0 Å². The van der Waals surface area contributed by atoms with Crippen molar-refractivity contribution in [1.82, 2.24) is 4.90 Å². The van der Waals surface area contributed by atoms with Crippen molar-refractivity contribution in [3.8, 4) is 0 Å². The third-order valence-corrected chi connectivity index (χ3v) is 2.77. The third-order valence-electron chi connectivity index (χ3n) is 2.77. The first kappa shape index (κ1) is 14.1. The van der Waals surface area contributed by atoms with E-state index in [2.05, 4.69) is 4.90 Å². The molecule has 1 atom stereocenters. The highest BCUT2D eigenvalue weighted by atomic mass is 19.1. The number of hydrogen-bond acceptors (Lipinski definition) is 3. The van der Waals surface area contributed by atoms with Crippen molar-refractivity contribution in [2.24, 2.45) is 5.73 Å². The van der Waals surface area contributed by atoms with E-state index in [0.717, 1.165) is 25.1 Å². The Morgan fingerprint density at radius 3 is 2.82 bits per heavy atom. The fourth-order valence-corrected chi connectivity index (χ4v) is 1.72. The van der Waals surface area contributed by atoms with Gasteiger partial charge in [-0.15, -0.1) is 0 Å². The topological polar surface area (TPSA) is 38.5 Å². The highest BCUT2D eigenvalue weighted by molar-refractivity contribution is 5.15. The van der Waals surface area contributed by atoms with E-state index in [0.29, 0.717) is 6.54 Å². The molecule has 96 valence electrons. The summed E-state index contributed by atoms with van der Waals surface area (Å²) in [6.45, 7) is 2.15. The molecule has 4 heteroatoms. The van der Waals surface area contributed by atoms with E-state index in [1.54, 1.807) is 19.2 Å². The minimum absolute atomic E-state index is 0.102. The molecule has 0 aliphatic heterocycles. The maximum atomic E-state index is 13.0. The zero-order valence-corrected chi connectivity index (χ0v) is 10.5. The second-order valence-electron chi connectivity index (χ2n) is 4.25. The number of halogens is 1. The lowest BCUT2D eigenvalue weighted by molar-refractivity contribution is 0.0919. The minimum Gasteiger partial charge on any atom is -0.380 e. The van der Waals surface area contributed by atoms with Crippen molar-refractivity contribution in [2.45, 2.75) is 19.1 Å². The van der Waals surface area contributed by atoms with E-state index in [1.165, 1.54) is 6.07 Å². The predicted octanol–water partition coefficient (Wildman–Crippen LogP) is 1.62. The summed E-state index contributed by atoms with van der Waals surface area (Å²) in [5.74, 6) is -0.187. The molecular weight excluding hydrogens is 219 g/mol. The minimum atomic E-state index is -0.187. The van der Waals surface area contributed by atoms with Gasteiger partial charge in [-0.25, -0.2) is 4.39 Å². The largest absolute Gasteiger partial charge is 0.380 e. The molecule has 0 aliphatic rings. The first-order chi connectivity index (χ1) is 8.15. The van der Waals surface area contributed by atoms with Crippen molar-refractivity contribution in [3.05, 3.63) is 35.6 Å². The first-order valence-corrected chi connectivity index (χ1v) is 5.81. The molecule has 3 nitrogen and oxygen atoms in total. The molecule has 1 unspecified atom stereocenters. The van der Waals surface area contributed by atoms with E-state index in [1.807, 2.05) is 13.1 Å². The fraction of sp³-hybridized carbons (Fsp3) is 0.538. The molecule has 0 bridgehead atoms. The SMILES string of the molecule is COC(CN)CCN(C)Cc1cccc(F)c1. The van der Waals surface area contributed by atoms with E-state index in [-0.39, 0.29) is 11.9 Å². The van der Waals surface area contributed by atoms with E-state index < -0.39 is 0 Å². The number of nitrogens with zero attached hydrogens (tertiary/aromatic N) is 1. The van der Waals surface area contributed by atoms with E-state index >= 15 is 0 Å². The second kappa shape index (κ2) is 7.37. The molecule has 0 saturated heterocycles.